The summed E-state index contributed by atoms with van der Waals surface area (Å²) in [6, 6.07) is 2.70. The second-order valence-corrected chi connectivity index (χ2v) is 3.88. The number of hydrogen-bond acceptors (Lipinski definition) is 6. The Kier molecular flexibility index (Phi) is 4.51. The van der Waals surface area contributed by atoms with E-state index in [4.69, 9.17) is 4.74 Å². The van der Waals surface area contributed by atoms with Crippen molar-refractivity contribution in [3.8, 4) is 0 Å². The Morgan fingerprint density at radius 3 is 2.05 bits per heavy atom. The highest BCUT2D eigenvalue weighted by Crippen LogP contribution is 2.23. The predicted octanol–water partition coefficient (Wildman–Crippen LogP) is 2.46. The number of nitro groups is 2. The highest BCUT2D eigenvalue weighted by Gasteiger charge is 2.21. The molecule has 0 spiro atoms. The van der Waals surface area contributed by atoms with Crippen molar-refractivity contribution < 1.29 is 19.4 Å². The fraction of sp³-hybridized carbons (Fsp3) is 0.364. The van der Waals surface area contributed by atoms with E-state index in [1.165, 1.54) is 0 Å². The average molecular weight is 268 g/mol. The maximum absolute atomic E-state index is 11.7. The molecule has 19 heavy (non-hydrogen) atoms. The van der Waals surface area contributed by atoms with E-state index in [9.17, 15) is 25.0 Å². The standard InChI is InChI=1S/C11H12N2O6/c1-3-7(2)19-11(14)8-4-9(12(15)16)6-10(5-8)13(17)18/h4-7H,3H2,1-2H3/t7-/m1/s1. The number of nitrogens with zero attached hydrogens (tertiary/aromatic N) is 2. The minimum Gasteiger partial charge on any atom is -0.459 e. The lowest BCUT2D eigenvalue weighted by atomic mass is 10.1. The Balaban J connectivity index is 3.16. The summed E-state index contributed by atoms with van der Waals surface area (Å²) in [5, 5.41) is 21.3. The van der Waals surface area contributed by atoms with Crippen molar-refractivity contribution in [2.45, 2.75) is 26.4 Å². The molecular weight excluding hydrogens is 256 g/mol. The molecule has 0 N–H and O–H groups in total. The molecular formula is C11H12N2O6. The second-order valence-electron chi connectivity index (χ2n) is 3.88. The minimum atomic E-state index is -0.818. The monoisotopic (exact) mass is 268 g/mol. The van der Waals surface area contributed by atoms with E-state index < -0.39 is 27.2 Å². The Bertz CT molecular complexity index is 496. The van der Waals surface area contributed by atoms with Crippen LogP contribution in [0.3, 0.4) is 0 Å². The summed E-state index contributed by atoms with van der Waals surface area (Å²) in [7, 11) is 0. The van der Waals surface area contributed by atoms with Gasteiger partial charge in [0.25, 0.3) is 11.4 Å². The van der Waals surface area contributed by atoms with Crippen LogP contribution < -0.4 is 0 Å². The summed E-state index contributed by atoms with van der Waals surface area (Å²) in [5.74, 6) is -0.818. The first-order chi connectivity index (χ1) is 8.85. The molecule has 0 bridgehead atoms. The van der Waals surface area contributed by atoms with Crippen molar-refractivity contribution >= 4 is 17.3 Å². The lowest BCUT2D eigenvalue weighted by molar-refractivity contribution is -0.394. The van der Waals surface area contributed by atoms with Gasteiger partial charge in [0, 0.05) is 12.1 Å². The van der Waals surface area contributed by atoms with Crippen LogP contribution in [0.1, 0.15) is 30.6 Å². The van der Waals surface area contributed by atoms with Crippen LogP contribution in [0.4, 0.5) is 11.4 Å². The van der Waals surface area contributed by atoms with Crippen LogP contribution in [0.25, 0.3) is 0 Å². The number of hydrogen-bond donors (Lipinski definition) is 0. The number of carbonyl (C=O) groups is 1. The third kappa shape index (κ3) is 3.73. The van der Waals surface area contributed by atoms with Gasteiger partial charge in [-0.25, -0.2) is 4.79 Å². The number of rotatable bonds is 5. The van der Waals surface area contributed by atoms with Gasteiger partial charge in [0.1, 0.15) is 0 Å². The number of non-ortho nitro benzene ring substituents is 2. The zero-order chi connectivity index (χ0) is 14.6. The number of nitro benzene ring substituents is 2. The largest absolute Gasteiger partial charge is 0.459 e. The Morgan fingerprint density at radius 2 is 1.68 bits per heavy atom. The summed E-state index contributed by atoms with van der Waals surface area (Å²) in [5.41, 5.74) is -1.25. The van der Waals surface area contributed by atoms with Crippen LogP contribution in [0.5, 0.6) is 0 Å². The first-order valence-corrected chi connectivity index (χ1v) is 5.50. The van der Waals surface area contributed by atoms with E-state index in [0.717, 1.165) is 18.2 Å². The average Bonchev–Trinajstić information content (AvgIpc) is 2.37. The predicted molar refractivity (Wildman–Crippen MR) is 64.9 cm³/mol. The first kappa shape index (κ1) is 14.6. The zero-order valence-electron chi connectivity index (χ0n) is 10.4. The molecule has 8 heteroatoms. The molecule has 0 saturated heterocycles. The molecule has 0 aliphatic carbocycles. The highest BCUT2D eigenvalue weighted by molar-refractivity contribution is 5.91. The molecule has 102 valence electrons. The van der Waals surface area contributed by atoms with E-state index in [-0.39, 0.29) is 11.7 Å². The van der Waals surface area contributed by atoms with Crippen LogP contribution in [0, 0.1) is 20.2 Å². The van der Waals surface area contributed by atoms with E-state index in [0.29, 0.717) is 6.42 Å². The van der Waals surface area contributed by atoms with Crippen LogP contribution in [0.15, 0.2) is 18.2 Å². The summed E-state index contributed by atoms with van der Waals surface area (Å²) in [6.07, 6.45) is 0.203. The molecule has 1 rings (SSSR count). The van der Waals surface area contributed by atoms with Crippen LogP contribution in [-0.2, 0) is 4.74 Å². The summed E-state index contributed by atoms with van der Waals surface area (Å²) in [4.78, 5) is 31.4. The lowest BCUT2D eigenvalue weighted by Gasteiger charge is -2.10. The number of esters is 1. The molecule has 1 atom stereocenters. The normalized spacial score (nSPS) is 11.7. The molecule has 0 radical (unpaired) electrons. The van der Waals surface area contributed by atoms with Crippen molar-refractivity contribution in [3.63, 3.8) is 0 Å². The summed E-state index contributed by atoms with van der Waals surface area (Å²) in [6.45, 7) is 3.46. The van der Waals surface area contributed by atoms with Crippen molar-refractivity contribution in [1.82, 2.24) is 0 Å². The van der Waals surface area contributed by atoms with Gasteiger partial charge in [0.2, 0.25) is 0 Å². The molecule has 8 nitrogen and oxygen atoms in total. The minimum absolute atomic E-state index is 0.207. The molecule has 1 aromatic rings. The quantitative estimate of drug-likeness (QED) is 0.460. The molecule has 0 fully saturated rings. The van der Waals surface area contributed by atoms with Gasteiger partial charge in [0.15, 0.2) is 0 Å². The third-order valence-electron chi connectivity index (χ3n) is 2.44. The molecule has 0 aliphatic rings. The Hall–Kier alpha value is -2.51. The smallest absolute Gasteiger partial charge is 0.338 e. The Morgan fingerprint density at radius 1 is 1.21 bits per heavy atom. The van der Waals surface area contributed by atoms with Gasteiger partial charge < -0.3 is 4.74 Å². The van der Waals surface area contributed by atoms with E-state index in [1.807, 2.05) is 0 Å². The SMILES string of the molecule is CC[C@@H](C)OC(=O)c1cc([N+](=O)[O-])cc([N+](=O)[O-])c1. The van der Waals surface area contributed by atoms with Gasteiger partial charge in [0.05, 0.1) is 27.6 Å². The molecule has 0 heterocycles. The van der Waals surface area contributed by atoms with Gasteiger partial charge in [-0.15, -0.1) is 0 Å². The zero-order valence-corrected chi connectivity index (χ0v) is 10.4. The molecule has 0 aromatic heterocycles. The number of benzene rings is 1. The van der Waals surface area contributed by atoms with Gasteiger partial charge in [-0.2, -0.15) is 0 Å². The molecule has 0 aliphatic heterocycles. The fourth-order valence-electron chi connectivity index (χ4n) is 1.26. The first-order valence-electron chi connectivity index (χ1n) is 5.50. The van der Waals surface area contributed by atoms with Crippen LogP contribution in [0.2, 0.25) is 0 Å². The summed E-state index contributed by atoms with van der Waals surface area (Å²) >= 11 is 0. The fourth-order valence-corrected chi connectivity index (χ4v) is 1.26. The van der Waals surface area contributed by atoms with Crippen LogP contribution in [-0.4, -0.2) is 21.9 Å². The van der Waals surface area contributed by atoms with E-state index >= 15 is 0 Å². The molecule has 1 aromatic carbocycles. The maximum atomic E-state index is 11.7. The number of carbonyl (C=O) groups excluding carboxylic acids is 1. The topological polar surface area (TPSA) is 113 Å². The van der Waals surface area contributed by atoms with Crippen molar-refractivity contribution in [3.05, 3.63) is 44.0 Å². The number of ether oxygens (including phenoxy) is 1. The molecule has 0 amide bonds. The van der Waals surface area contributed by atoms with E-state index in [2.05, 4.69) is 0 Å². The lowest BCUT2D eigenvalue weighted by Crippen LogP contribution is -2.14. The van der Waals surface area contributed by atoms with Crippen molar-refractivity contribution in [2.24, 2.45) is 0 Å². The highest BCUT2D eigenvalue weighted by atomic mass is 16.6. The van der Waals surface area contributed by atoms with Gasteiger partial charge in [-0.3, -0.25) is 20.2 Å². The van der Waals surface area contributed by atoms with Gasteiger partial charge >= 0.3 is 5.97 Å². The van der Waals surface area contributed by atoms with Crippen LogP contribution >= 0.6 is 0 Å². The summed E-state index contributed by atoms with van der Waals surface area (Å²) < 4.78 is 4.97. The van der Waals surface area contributed by atoms with Crippen molar-refractivity contribution in [2.75, 3.05) is 0 Å². The van der Waals surface area contributed by atoms with E-state index in [1.54, 1.807) is 13.8 Å². The van der Waals surface area contributed by atoms with Crippen molar-refractivity contribution in [1.29, 1.82) is 0 Å². The second kappa shape index (κ2) is 5.89. The third-order valence-corrected chi connectivity index (χ3v) is 2.44. The maximum Gasteiger partial charge on any atom is 0.338 e. The van der Waals surface area contributed by atoms with Gasteiger partial charge in [-0.05, 0) is 13.3 Å². The molecule has 0 saturated carbocycles. The molecule has 0 unspecified atom stereocenters. The Labute approximate surface area is 108 Å². The van der Waals surface area contributed by atoms with Gasteiger partial charge in [-0.1, -0.05) is 6.92 Å².